The zero-order chi connectivity index (χ0) is 16.5. The molecule has 2 N–H and O–H groups in total. The minimum Gasteiger partial charge on any atom is -0.480 e. The Hall–Kier alpha value is -1.19. The molecular weight excluding hydrogens is 300 g/mol. The molecule has 0 aliphatic rings. The van der Waals surface area contributed by atoms with Crippen LogP contribution in [-0.4, -0.2) is 68.4 Å². The molecule has 124 valence electrons. The number of sulfonamides is 1. The van der Waals surface area contributed by atoms with Crippen LogP contribution in [-0.2, 0) is 24.3 Å². The van der Waals surface area contributed by atoms with Gasteiger partial charge in [-0.15, -0.1) is 0 Å². The summed E-state index contributed by atoms with van der Waals surface area (Å²) in [7, 11) is -3.62. The summed E-state index contributed by atoms with van der Waals surface area (Å²) in [6, 6.07) is 0. The van der Waals surface area contributed by atoms with Crippen molar-refractivity contribution in [2.24, 2.45) is 0 Å². The molecule has 0 unspecified atom stereocenters. The molecule has 21 heavy (non-hydrogen) atoms. The first-order chi connectivity index (χ1) is 9.68. The quantitative estimate of drug-likeness (QED) is 0.537. The molecule has 0 saturated carbocycles. The molecule has 0 aromatic heterocycles. The Morgan fingerprint density at radius 1 is 1.33 bits per heavy atom. The van der Waals surface area contributed by atoms with E-state index in [4.69, 9.17) is 9.84 Å². The van der Waals surface area contributed by atoms with E-state index in [-0.39, 0.29) is 25.0 Å². The Bertz CT molecular complexity index is 435. The Kier molecular flexibility index (Phi) is 9.14. The van der Waals surface area contributed by atoms with Crippen molar-refractivity contribution >= 4 is 21.9 Å². The summed E-state index contributed by atoms with van der Waals surface area (Å²) < 4.78 is 30.6. The number of carboxylic acid groups (broad SMARTS) is 1. The van der Waals surface area contributed by atoms with Crippen LogP contribution in [0.4, 0.5) is 0 Å². The van der Waals surface area contributed by atoms with E-state index in [1.807, 2.05) is 0 Å². The molecule has 0 aliphatic carbocycles. The zero-order valence-corrected chi connectivity index (χ0v) is 13.5. The fraction of sp³-hybridized carbons (Fsp3) is 0.833. The molecule has 0 fully saturated rings. The maximum atomic E-state index is 11.8. The van der Waals surface area contributed by atoms with E-state index in [0.717, 1.165) is 4.90 Å². The van der Waals surface area contributed by atoms with Crippen LogP contribution >= 0.6 is 0 Å². The van der Waals surface area contributed by atoms with Gasteiger partial charge in [-0.3, -0.25) is 9.59 Å². The number of nitrogens with one attached hydrogen (secondary N) is 1. The molecule has 0 aliphatic heterocycles. The number of rotatable bonds is 11. The van der Waals surface area contributed by atoms with Crippen molar-refractivity contribution in [1.82, 2.24) is 9.62 Å². The second-order valence-electron chi connectivity index (χ2n) is 4.77. The summed E-state index contributed by atoms with van der Waals surface area (Å²) in [6.07, 6.45) is 0.519. The average Bonchev–Trinajstić information content (AvgIpc) is 2.34. The Labute approximate surface area is 125 Å². The lowest BCUT2D eigenvalue weighted by molar-refractivity contribution is -0.144. The van der Waals surface area contributed by atoms with Gasteiger partial charge < -0.3 is 14.7 Å². The first-order valence-electron chi connectivity index (χ1n) is 6.76. The van der Waals surface area contributed by atoms with E-state index in [9.17, 15) is 18.0 Å². The first kappa shape index (κ1) is 19.8. The van der Waals surface area contributed by atoms with Gasteiger partial charge in [0.05, 0.1) is 25.0 Å². The van der Waals surface area contributed by atoms with Gasteiger partial charge in [0, 0.05) is 6.54 Å². The second-order valence-corrected chi connectivity index (χ2v) is 6.69. The van der Waals surface area contributed by atoms with Gasteiger partial charge >= 0.3 is 5.97 Å². The topological polar surface area (TPSA) is 113 Å². The molecule has 0 spiro atoms. The maximum Gasteiger partial charge on any atom is 0.323 e. The number of carbonyl (C=O) groups excluding carboxylic acids is 1. The third-order valence-electron chi connectivity index (χ3n) is 2.42. The molecule has 0 saturated heterocycles. The summed E-state index contributed by atoms with van der Waals surface area (Å²) in [4.78, 5) is 23.6. The number of ether oxygens (including phenoxy) is 1. The van der Waals surface area contributed by atoms with Gasteiger partial charge in [-0.1, -0.05) is 6.92 Å². The standard InChI is InChI=1S/C12H24N2O6S/c1-4-5-14(9-12(16)17)11(15)8-13-21(18,19)7-6-20-10(2)3/h10,13H,4-9H2,1-3H3,(H,16,17). The van der Waals surface area contributed by atoms with Gasteiger partial charge in [-0.2, -0.15) is 0 Å². The van der Waals surface area contributed by atoms with E-state index in [2.05, 4.69) is 4.72 Å². The number of amides is 1. The third-order valence-corrected chi connectivity index (χ3v) is 3.71. The van der Waals surface area contributed by atoms with Crippen molar-refractivity contribution in [1.29, 1.82) is 0 Å². The summed E-state index contributed by atoms with van der Waals surface area (Å²) in [6.45, 7) is 4.80. The van der Waals surface area contributed by atoms with E-state index >= 15 is 0 Å². The van der Waals surface area contributed by atoms with Crippen LogP contribution in [0.2, 0.25) is 0 Å². The highest BCUT2D eigenvalue weighted by atomic mass is 32.2. The number of carbonyl (C=O) groups is 2. The smallest absolute Gasteiger partial charge is 0.323 e. The van der Waals surface area contributed by atoms with Gasteiger partial charge in [-0.05, 0) is 20.3 Å². The fourth-order valence-corrected chi connectivity index (χ4v) is 2.28. The SMILES string of the molecule is CCCN(CC(=O)O)C(=O)CNS(=O)(=O)CCOC(C)C. The van der Waals surface area contributed by atoms with Crippen LogP contribution in [0, 0.1) is 0 Å². The Morgan fingerprint density at radius 2 is 1.95 bits per heavy atom. The van der Waals surface area contributed by atoms with Crippen LogP contribution in [0.3, 0.4) is 0 Å². The van der Waals surface area contributed by atoms with Crippen molar-refractivity contribution in [3.63, 3.8) is 0 Å². The molecule has 9 heteroatoms. The van der Waals surface area contributed by atoms with Crippen molar-refractivity contribution in [3.05, 3.63) is 0 Å². The molecule has 0 aromatic carbocycles. The lowest BCUT2D eigenvalue weighted by Crippen LogP contribution is -2.43. The minimum absolute atomic E-state index is 0.0367. The fourth-order valence-electron chi connectivity index (χ4n) is 1.47. The molecule has 0 atom stereocenters. The predicted molar refractivity (Wildman–Crippen MR) is 77.4 cm³/mol. The minimum atomic E-state index is -3.62. The molecule has 0 heterocycles. The van der Waals surface area contributed by atoms with Gasteiger partial charge in [-0.25, -0.2) is 13.1 Å². The number of aliphatic carboxylic acids is 1. The highest BCUT2D eigenvalue weighted by Crippen LogP contribution is 1.95. The van der Waals surface area contributed by atoms with Gasteiger partial charge in [0.1, 0.15) is 6.54 Å². The molecule has 8 nitrogen and oxygen atoms in total. The first-order valence-corrected chi connectivity index (χ1v) is 8.41. The van der Waals surface area contributed by atoms with Crippen LogP contribution in [0.5, 0.6) is 0 Å². The van der Waals surface area contributed by atoms with Crippen molar-refractivity contribution in [2.75, 3.05) is 32.0 Å². The summed E-state index contributed by atoms with van der Waals surface area (Å²) >= 11 is 0. The number of hydrogen-bond donors (Lipinski definition) is 2. The molecular formula is C12H24N2O6S. The lowest BCUT2D eigenvalue weighted by Gasteiger charge is -2.20. The Morgan fingerprint density at radius 3 is 2.43 bits per heavy atom. The predicted octanol–water partition coefficient (Wildman–Crippen LogP) is -0.346. The third kappa shape index (κ3) is 10.2. The largest absolute Gasteiger partial charge is 0.480 e. The molecule has 0 rings (SSSR count). The van der Waals surface area contributed by atoms with E-state index < -0.39 is 35.0 Å². The van der Waals surface area contributed by atoms with Crippen LogP contribution in [0.25, 0.3) is 0 Å². The van der Waals surface area contributed by atoms with Gasteiger partial charge in [0.15, 0.2) is 0 Å². The van der Waals surface area contributed by atoms with Crippen molar-refractivity contribution in [2.45, 2.75) is 33.3 Å². The van der Waals surface area contributed by atoms with Crippen molar-refractivity contribution < 1.29 is 27.9 Å². The monoisotopic (exact) mass is 324 g/mol. The van der Waals surface area contributed by atoms with Crippen LogP contribution in [0.1, 0.15) is 27.2 Å². The summed E-state index contributed by atoms with van der Waals surface area (Å²) in [5, 5.41) is 8.71. The number of nitrogens with zero attached hydrogens (tertiary/aromatic N) is 1. The molecule has 0 aromatic rings. The van der Waals surface area contributed by atoms with E-state index in [1.165, 1.54) is 0 Å². The highest BCUT2D eigenvalue weighted by molar-refractivity contribution is 7.89. The average molecular weight is 324 g/mol. The summed E-state index contributed by atoms with van der Waals surface area (Å²) in [5.41, 5.74) is 0. The van der Waals surface area contributed by atoms with Crippen molar-refractivity contribution in [3.8, 4) is 0 Å². The van der Waals surface area contributed by atoms with E-state index in [0.29, 0.717) is 6.42 Å². The normalized spacial score (nSPS) is 11.6. The number of hydrogen-bond acceptors (Lipinski definition) is 5. The lowest BCUT2D eigenvalue weighted by atomic mass is 10.4. The zero-order valence-electron chi connectivity index (χ0n) is 12.7. The second kappa shape index (κ2) is 9.69. The van der Waals surface area contributed by atoms with E-state index in [1.54, 1.807) is 20.8 Å². The maximum absolute atomic E-state index is 11.8. The molecule has 1 amide bonds. The molecule has 0 bridgehead atoms. The van der Waals surface area contributed by atoms with Crippen LogP contribution in [0.15, 0.2) is 0 Å². The van der Waals surface area contributed by atoms with Crippen LogP contribution < -0.4 is 4.72 Å². The highest BCUT2D eigenvalue weighted by Gasteiger charge is 2.18. The Balaban J connectivity index is 4.32. The number of carboxylic acids is 1. The molecule has 0 radical (unpaired) electrons. The summed E-state index contributed by atoms with van der Waals surface area (Å²) in [5.74, 6) is -1.94. The van der Waals surface area contributed by atoms with Gasteiger partial charge in [0.25, 0.3) is 0 Å². The van der Waals surface area contributed by atoms with Gasteiger partial charge in [0.2, 0.25) is 15.9 Å².